The highest BCUT2D eigenvalue weighted by Gasteiger charge is 2.22. The number of diazo groups is 1. The summed E-state index contributed by atoms with van der Waals surface area (Å²) >= 11 is 11.4. The summed E-state index contributed by atoms with van der Waals surface area (Å²) < 4.78 is 156. The van der Waals surface area contributed by atoms with Crippen molar-refractivity contribution in [3.05, 3.63) is 32.7 Å². The Morgan fingerprint density at radius 2 is 0.806 bits per heavy atom. The predicted molar refractivity (Wildman–Crippen MR) is 86.7 cm³/mol. The molecule has 0 N–H and O–H groups in total. The molecule has 0 bridgehead atoms. The molecule has 0 unspecified atom stereocenters. The number of aryl methyl sites for hydroxylation is 1. The van der Waals surface area contributed by atoms with E-state index in [9.17, 15) is 69.1 Å². The van der Waals surface area contributed by atoms with Gasteiger partial charge in [0.15, 0.2) is 4.98 Å². The number of rotatable bonds is 0. The summed E-state index contributed by atoms with van der Waals surface area (Å²) in [4.78, 5) is 2.98. The van der Waals surface area contributed by atoms with Gasteiger partial charge in [-0.05, 0) is 18.6 Å². The standard InChI is InChI=1S/C7H5Cl2N2.4BF4/c1-4-2-7(11-10)6(9)3-5(4)8;4*2-1(3,4)5/h2-3H,1H3;;;;/q+1;4*-1. The van der Waals surface area contributed by atoms with Gasteiger partial charge in [-0.25, -0.2) is 0 Å². The first-order chi connectivity index (χ1) is 13.1. The first-order valence-electron chi connectivity index (χ1n) is 6.45. The molecule has 31 heavy (non-hydrogen) atoms. The van der Waals surface area contributed by atoms with E-state index >= 15 is 0 Å². The maximum absolute atomic E-state index is 9.75. The normalized spacial score (nSPS) is 11.0. The average Bonchev–Trinajstić information content (AvgIpc) is 2.35. The summed E-state index contributed by atoms with van der Waals surface area (Å²) in [6.07, 6.45) is 0. The highest BCUT2D eigenvalue weighted by molar-refractivity contribution is 6.51. The van der Waals surface area contributed by atoms with Gasteiger partial charge in [0.1, 0.15) is 5.02 Å². The second kappa shape index (κ2) is 15.2. The second-order valence-corrected chi connectivity index (χ2v) is 4.95. The zero-order valence-electron chi connectivity index (χ0n) is 14.2. The van der Waals surface area contributed by atoms with Crippen molar-refractivity contribution in [2.75, 3.05) is 0 Å². The molecule has 0 fully saturated rings. The zero-order chi connectivity index (χ0) is 26.4. The molecule has 0 saturated heterocycles. The second-order valence-electron chi connectivity index (χ2n) is 4.13. The summed E-state index contributed by atoms with van der Waals surface area (Å²) in [5.41, 5.74) is 1.18. The fraction of sp³-hybridized carbons (Fsp3) is 0.143. The van der Waals surface area contributed by atoms with Gasteiger partial charge in [0.05, 0.1) is 0 Å². The summed E-state index contributed by atoms with van der Waals surface area (Å²) in [5.74, 6) is 0. The van der Waals surface area contributed by atoms with E-state index in [2.05, 4.69) is 4.98 Å². The lowest BCUT2D eigenvalue weighted by Crippen LogP contribution is -2.02. The van der Waals surface area contributed by atoms with Gasteiger partial charge < -0.3 is 69.1 Å². The van der Waals surface area contributed by atoms with Crippen LogP contribution in [0.3, 0.4) is 0 Å². The van der Waals surface area contributed by atoms with Crippen LogP contribution in [-0.2, 0) is 0 Å². The van der Waals surface area contributed by atoms with E-state index in [1.165, 1.54) is 0 Å². The van der Waals surface area contributed by atoms with Crippen LogP contribution in [0.2, 0.25) is 10.0 Å². The molecular formula is C7H5B4Cl2F16N2-3. The molecular weight excluding hydrogens is 530 g/mol. The van der Waals surface area contributed by atoms with Crippen LogP contribution in [0.25, 0.3) is 4.98 Å². The number of halogens is 18. The van der Waals surface area contributed by atoms with Crippen molar-refractivity contribution < 1.29 is 69.1 Å². The van der Waals surface area contributed by atoms with Crippen LogP contribution in [0.1, 0.15) is 5.56 Å². The van der Waals surface area contributed by atoms with E-state index in [1.54, 1.807) is 12.1 Å². The summed E-state index contributed by atoms with van der Waals surface area (Å²) in [7, 11) is -24.0. The molecule has 0 aliphatic heterocycles. The summed E-state index contributed by atoms with van der Waals surface area (Å²) in [6.45, 7) is 1.81. The van der Waals surface area contributed by atoms with E-state index in [0.717, 1.165) is 5.56 Å². The minimum atomic E-state index is -6.00. The van der Waals surface area contributed by atoms with E-state index in [0.29, 0.717) is 15.7 Å². The molecule has 0 amide bonds. The lowest BCUT2D eigenvalue weighted by Gasteiger charge is -1.94. The van der Waals surface area contributed by atoms with Crippen molar-refractivity contribution in [1.82, 2.24) is 0 Å². The van der Waals surface area contributed by atoms with Gasteiger partial charge in [0.2, 0.25) is 5.39 Å². The molecule has 1 aromatic carbocycles. The number of hydrogen-bond acceptors (Lipinski definition) is 1. The van der Waals surface area contributed by atoms with Gasteiger partial charge in [-0.3, -0.25) is 0 Å². The Hall–Kier alpha value is -1.64. The van der Waals surface area contributed by atoms with Crippen LogP contribution in [0.4, 0.5) is 74.7 Å². The first-order valence-corrected chi connectivity index (χ1v) is 7.20. The molecule has 0 radical (unpaired) electrons. The van der Waals surface area contributed by atoms with Gasteiger partial charge in [-0.15, -0.1) is 0 Å². The van der Waals surface area contributed by atoms with Gasteiger partial charge in [-0.2, -0.15) is 0 Å². The molecule has 0 saturated carbocycles. The van der Waals surface area contributed by atoms with E-state index in [4.69, 9.17) is 28.6 Å². The van der Waals surface area contributed by atoms with Gasteiger partial charge in [0, 0.05) is 11.1 Å². The molecule has 0 heterocycles. The fourth-order valence-electron chi connectivity index (χ4n) is 0.719. The van der Waals surface area contributed by atoms with Crippen molar-refractivity contribution in [3.8, 4) is 0 Å². The minimum absolute atomic E-state index is 0.341. The smallest absolute Gasteiger partial charge is 0.418 e. The number of hydrogen-bond donors (Lipinski definition) is 0. The predicted octanol–water partition coefficient (Wildman–Crippen LogP) is 8.99. The molecule has 0 aliphatic carbocycles. The average molecular weight is 535 g/mol. The summed E-state index contributed by atoms with van der Waals surface area (Å²) in [6, 6.07) is 3.16. The Bertz CT molecular complexity index is 595. The largest absolute Gasteiger partial charge is 0.673 e. The van der Waals surface area contributed by atoms with Crippen LogP contribution < -0.4 is 0 Å². The first kappa shape index (κ1) is 36.7. The van der Waals surface area contributed by atoms with Crippen molar-refractivity contribution in [1.29, 1.82) is 5.39 Å². The Labute approximate surface area is 172 Å². The Morgan fingerprint density at radius 1 is 0.581 bits per heavy atom. The van der Waals surface area contributed by atoms with E-state index in [-0.39, 0.29) is 0 Å². The van der Waals surface area contributed by atoms with Crippen LogP contribution in [0.5, 0.6) is 0 Å². The molecule has 24 heteroatoms. The van der Waals surface area contributed by atoms with Crippen LogP contribution >= 0.6 is 23.2 Å². The zero-order valence-corrected chi connectivity index (χ0v) is 15.7. The molecule has 0 aromatic heterocycles. The lowest BCUT2D eigenvalue weighted by molar-refractivity contribution is 0.366. The maximum atomic E-state index is 9.75. The van der Waals surface area contributed by atoms with Crippen molar-refractivity contribution in [2.24, 2.45) is 0 Å². The fourth-order valence-corrected chi connectivity index (χ4v) is 1.14. The molecule has 0 spiro atoms. The molecule has 0 atom stereocenters. The van der Waals surface area contributed by atoms with Gasteiger partial charge in [-0.1, -0.05) is 23.2 Å². The van der Waals surface area contributed by atoms with Crippen LogP contribution in [0, 0.1) is 12.3 Å². The Kier molecular flexibility index (Phi) is 18.0. The lowest BCUT2D eigenvalue weighted by atomic mass is 10.2. The highest BCUT2D eigenvalue weighted by Crippen LogP contribution is 2.30. The maximum Gasteiger partial charge on any atom is 0.673 e. The highest BCUT2D eigenvalue weighted by atomic mass is 35.5. The third-order valence-corrected chi connectivity index (χ3v) is 2.05. The SMILES string of the molecule is Cc1cc([N+]#N)c(Cl)cc1Cl.F[B-](F)(F)F.F[B-](F)(F)F.F[B-](F)(F)F.F[B-](F)(F)F. The molecule has 1 aromatic rings. The number of nitrogens with zero attached hydrogens (tertiary/aromatic N) is 2. The molecule has 0 aliphatic rings. The van der Waals surface area contributed by atoms with Crippen molar-refractivity contribution >= 4 is 57.9 Å². The van der Waals surface area contributed by atoms with Crippen LogP contribution in [0.15, 0.2) is 12.1 Å². The Morgan fingerprint density at radius 3 is 1.00 bits per heavy atom. The van der Waals surface area contributed by atoms with E-state index < -0.39 is 29.0 Å². The Balaban J connectivity index is -0.000000157. The van der Waals surface area contributed by atoms with Gasteiger partial charge >= 0.3 is 34.7 Å². The summed E-state index contributed by atoms with van der Waals surface area (Å²) in [5, 5.41) is 9.35. The third-order valence-electron chi connectivity index (χ3n) is 1.34. The van der Waals surface area contributed by atoms with Gasteiger partial charge in [0.25, 0.3) is 0 Å². The monoisotopic (exact) mass is 535 g/mol. The van der Waals surface area contributed by atoms with Crippen molar-refractivity contribution in [3.63, 3.8) is 0 Å². The molecule has 184 valence electrons. The topological polar surface area (TPSA) is 28.1 Å². The van der Waals surface area contributed by atoms with Crippen LogP contribution in [-0.4, -0.2) is 29.0 Å². The quantitative estimate of drug-likeness (QED) is 0.185. The van der Waals surface area contributed by atoms with E-state index in [1.807, 2.05) is 6.92 Å². The van der Waals surface area contributed by atoms with Crippen molar-refractivity contribution in [2.45, 2.75) is 6.92 Å². The number of benzene rings is 1. The molecule has 1 rings (SSSR count). The third kappa shape index (κ3) is 73.6. The molecule has 2 nitrogen and oxygen atoms in total. The minimum Gasteiger partial charge on any atom is -0.418 e.